The molecule has 0 unspecified atom stereocenters. The standard InChI is InChI=1S/C19H26Cl2F3N5O2.C3H8/c1-14(22)9-16(21)17(31-2)3-4-27-5-7-28(8-6-27)19(30)13-29(15(10-20)11-25)26-12-18(23)24;1-3-2/h3,9-10,12,18H,1,4-8,11,13,25H2,2H3;3H2,1-2H3/b15-10+,16-9+,17-3+,26-12+;. The summed E-state index contributed by atoms with van der Waals surface area (Å²) >= 11 is 11.6. The molecule has 34 heavy (non-hydrogen) atoms. The number of hydrogen-bond donors (Lipinski definition) is 1. The van der Waals surface area contributed by atoms with Gasteiger partial charge in [0.2, 0.25) is 5.91 Å². The summed E-state index contributed by atoms with van der Waals surface area (Å²) in [6.07, 6.45) is 1.66. The Morgan fingerprint density at radius 2 is 1.88 bits per heavy atom. The number of hydrazone groups is 1. The van der Waals surface area contributed by atoms with Gasteiger partial charge >= 0.3 is 0 Å². The highest BCUT2D eigenvalue weighted by Crippen LogP contribution is 2.18. The summed E-state index contributed by atoms with van der Waals surface area (Å²) in [6.45, 7) is 9.50. The molecule has 194 valence electrons. The molecule has 0 atom stereocenters. The monoisotopic (exact) mass is 527 g/mol. The molecule has 1 aliphatic rings. The summed E-state index contributed by atoms with van der Waals surface area (Å²) in [4.78, 5) is 16.2. The summed E-state index contributed by atoms with van der Waals surface area (Å²) in [7, 11) is 1.42. The molecule has 7 nitrogen and oxygen atoms in total. The van der Waals surface area contributed by atoms with Crippen LogP contribution in [-0.4, -0.2) is 86.3 Å². The molecular formula is C22H34Cl2F3N5O2. The number of alkyl halides is 2. The summed E-state index contributed by atoms with van der Waals surface area (Å²) in [5, 5.41) is 4.76. The average Bonchev–Trinajstić information content (AvgIpc) is 2.78. The summed E-state index contributed by atoms with van der Waals surface area (Å²) < 4.78 is 43.0. The molecule has 1 saturated heterocycles. The van der Waals surface area contributed by atoms with Gasteiger partial charge in [0, 0.05) is 44.8 Å². The second-order valence-electron chi connectivity index (χ2n) is 7.06. The van der Waals surface area contributed by atoms with Crippen LogP contribution in [0.3, 0.4) is 0 Å². The average molecular weight is 528 g/mol. The Balaban J connectivity index is 0.00000343. The zero-order valence-corrected chi connectivity index (χ0v) is 21.3. The number of allylic oxidation sites excluding steroid dienone is 3. The minimum Gasteiger partial charge on any atom is -0.495 e. The van der Waals surface area contributed by atoms with Crippen molar-refractivity contribution >= 4 is 35.3 Å². The first-order chi connectivity index (χ1) is 16.1. The van der Waals surface area contributed by atoms with Crippen LogP contribution in [0.5, 0.6) is 0 Å². The Labute approximate surface area is 210 Å². The number of piperazine rings is 1. The van der Waals surface area contributed by atoms with E-state index in [0.29, 0.717) is 44.7 Å². The maximum absolute atomic E-state index is 12.9. The Morgan fingerprint density at radius 1 is 1.29 bits per heavy atom. The SMILES string of the molecule is C=C(F)/C=C(Cl)\C(=C/CN1CCN(C(=O)CN(/N=C/C(F)F)/C(=C/Cl)CN)CC1)OC.CCC. The van der Waals surface area contributed by atoms with Crippen molar-refractivity contribution in [3.05, 3.63) is 46.6 Å². The highest BCUT2D eigenvalue weighted by Gasteiger charge is 2.23. The van der Waals surface area contributed by atoms with Crippen molar-refractivity contribution in [3.8, 4) is 0 Å². The molecule has 0 aromatic rings. The van der Waals surface area contributed by atoms with Gasteiger partial charge in [-0.05, 0) is 12.2 Å². The van der Waals surface area contributed by atoms with E-state index in [-0.39, 0.29) is 29.7 Å². The van der Waals surface area contributed by atoms with Crippen molar-refractivity contribution in [3.63, 3.8) is 0 Å². The number of rotatable bonds is 11. The first kappa shape index (κ1) is 32.0. The number of methoxy groups -OCH3 is 1. The molecule has 1 heterocycles. The largest absolute Gasteiger partial charge is 0.495 e. The van der Waals surface area contributed by atoms with Crippen LogP contribution >= 0.6 is 23.2 Å². The Morgan fingerprint density at radius 3 is 2.32 bits per heavy atom. The number of halogens is 5. The summed E-state index contributed by atoms with van der Waals surface area (Å²) in [5.41, 5.74) is 6.88. The molecule has 1 fully saturated rings. The number of carbonyl (C=O) groups excluding carboxylic acids is 1. The van der Waals surface area contributed by atoms with Gasteiger partial charge in [-0.3, -0.25) is 14.7 Å². The van der Waals surface area contributed by atoms with Gasteiger partial charge in [0.1, 0.15) is 18.1 Å². The number of nitrogens with two attached hydrogens (primary N) is 1. The summed E-state index contributed by atoms with van der Waals surface area (Å²) in [6, 6.07) is 0. The van der Waals surface area contributed by atoms with E-state index in [1.165, 1.54) is 13.5 Å². The molecule has 1 rings (SSSR count). The van der Waals surface area contributed by atoms with E-state index in [2.05, 4.69) is 25.5 Å². The van der Waals surface area contributed by atoms with E-state index in [1.54, 1.807) is 11.0 Å². The molecular weight excluding hydrogens is 494 g/mol. The van der Waals surface area contributed by atoms with Crippen LogP contribution in [0.25, 0.3) is 0 Å². The first-order valence-electron chi connectivity index (χ1n) is 10.7. The van der Waals surface area contributed by atoms with Crippen molar-refractivity contribution in [2.45, 2.75) is 26.7 Å². The number of hydrogen-bond acceptors (Lipinski definition) is 6. The maximum Gasteiger partial charge on any atom is 0.275 e. The van der Waals surface area contributed by atoms with E-state index < -0.39 is 12.3 Å². The van der Waals surface area contributed by atoms with Crippen molar-refractivity contribution in [2.75, 3.05) is 52.9 Å². The van der Waals surface area contributed by atoms with Crippen LogP contribution in [0.2, 0.25) is 0 Å². The smallest absolute Gasteiger partial charge is 0.275 e. The van der Waals surface area contributed by atoms with E-state index in [0.717, 1.165) is 16.6 Å². The van der Waals surface area contributed by atoms with Gasteiger partial charge in [-0.25, -0.2) is 13.2 Å². The molecule has 0 aliphatic carbocycles. The van der Waals surface area contributed by atoms with Crippen molar-refractivity contribution in [1.82, 2.24) is 14.8 Å². The minimum absolute atomic E-state index is 0.0634. The molecule has 2 N–H and O–H groups in total. The number of carbonyl (C=O) groups is 1. The van der Waals surface area contributed by atoms with Crippen LogP contribution in [0.15, 0.2) is 51.7 Å². The van der Waals surface area contributed by atoms with Gasteiger partial charge in [0.15, 0.2) is 0 Å². The number of amides is 1. The van der Waals surface area contributed by atoms with Crippen LogP contribution in [0, 0.1) is 0 Å². The van der Waals surface area contributed by atoms with Gasteiger partial charge in [0.25, 0.3) is 6.43 Å². The third-order valence-corrected chi connectivity index (χ3v) is 4.82. The fourth-order valence-electron chi connectivity index (χ4n) is 2.66. The number of nitrogens with zero attached hydrogens (tertiary/aromatic N) is 4. The zero-order valence-electron chi connectivity index (χ0n) is 19.8. The third kappa shape index (κ3) is 13.0. The molecule has 12 heteroatoms. The lowest BCUT2D eigenvalue weighted by Crippen LogP contribution is -2.50. The molecule has 0 bridgehead atoms. The molecule has 1 aliphatic heterocycles. The van der Waals surface area contributed by atoms with E-state index >= 15 is 0 Å². The van der Waals surface area contributed by atoms with Crippen molar-refractivity contribution < 1.29 is 22.7 Å². The molecule has 0 spiro atoms. The van der Waals surface area contributed by atoms with Crippen LogP contribution < -0.4 is 5.73 Å². The second kappa shape index (κ2) is 18.3. The minimum atomic E-state index is -2.77. The lowest BCUT2D eigenvalue weighted by Gasteiger charge is -2.35. The lowest BCUT2D eigenvalue weighted by atomic mass is 10.3. The molecule has 0 radical (unpaired) electrons. The topological polar surface area (TPSA) is 74.4 Å². The summed E-state index contributed by atoms with van der Waals surface area (Å²) in [5.74, 6) is -0.668. The van der Waals surface area contributed by atoms with Crippen LogP contribution in [0.1, 0.15) is 20.3 Å². The van der Waals surface area contributed by atoms with Crippen LogP contribution in [0.4, 0.5) is 13.2 Å². The van der Waals surface area contributed by atoms with Gasteiger partial charge in [-0.15, -0.1) is 0 Å². The maximum atomic E-state index is 12.9. The predicted octanol–water partition coefficient (Wildman–Crippen LogP) is 4.27. The van der Waals surface area contributed by atoms with Crippen molar-refractivity contribution in [2.24, 2.45) is 10.8 Å². The van der Waals surface area contributed by atoms with E-state index in [9.17, 15) is 18.0 Å². The highest BCUT2D eigenvalue weighted by molar-refractivity contribution is 6.31. The lowest BCUT2D eigenvalue weighted by molar-refractivity contribution is -0.133. The zero-order chi connectivity index (χ0) is 26.1. The molecule has 1 amide bonds. The molecule has 0 saturated carbocycles. The van der Waals surface area contributed by atoms with E-state index in [4.69, 9.17) is 33.7 Å². The third-order valence-electron chi connectivity index (χ3n) is 4.27. The Hall–Kier alpha value is -2.01. The second-order valence-corrected chi connectivity index (χ2v) is 7.69. The fourth-order valence-corrected chi connectivity index (χ4v) is 3.14. The quantitative estimate of drug-likeness (QED) is 0.188. The fraction of sp³-hybridized carbons (Fsp3) is 0.545. The number of ether oxygens (including phenoxy) is 1. The van der Waals surface area contributed by atoms with Gasteiger partial charge in [-0.2, -0.15) is 5.10 Å². The predicted molar refractivity (Wildman–Crippen MR) is 132 cm³/mol. The van der Waals surface area contributed by atoms with E-state index in [1.807, 2.05) is 4.90 Å². The Kier molecular flexibility index (Phi) is 17.3. The molecule has 0 aromatic heterocycles. The van der Waals surface area contributed by atoms with Gasteiger partial charge in [0.05, 0.1) is 24.1 Å². The molecule has 0 aromatic carbocycles. The van der Waals surface area contributed by atoms with Crippen molar-refractivity contribution in [1.29, 1.82) is 0 Å². The van der Waals surface area contributed by atoms with Gasteiger partial charge in [-0.1, -0.05) is 50.0 Å². The highest BCUT2D eigenvalue weighted by atomic mass is 35.5. The Bertz CT molecular complexity index is 753. The van der Waals surface area contributed by atoms with Crippen LogP contribution in [-0.2, 0) is 9.53 Å². The normalized spacial score (nSPS) is 15.9. The van der Waals surface area contributed by atoms with Gasteiger partial charge < -0.3 is 15.4 Å². The first-order valence-corrected chi connectivity index (χ1v) is 11.5.